The van der Waals surface area contributed by atoms with E-state index in [2.05, 4.69) is 45.1 Å². The van der Waals surface area contributed by atoms with Gasteiger partial charge in [-0.15, -0.1) is 0 Å². The van der Waals surface area contributed by atoms with Gasteiger partial charge in [0.2, 0.25) is 0 Å². The Kier molecular flexibility index (Phi) is 4.18. The summed E-state index contributed by atoms with van der Waals surface area (Å²) in [4.78, 5) is 0. The second-order valence-electron chi connectivity index (χ2n) is 4.59. The topological polar surface area (TPSA) is 12.0 Å². The van der Waals surface area contributed by atoms with Gasteiger partial charge in [-0.2, -0.15) is 0 Å². The number of halogens is 1. The van der Waals surface area contributed by atoms with Crippen LogP contribution < -0.4 is 5.32 Å². The van der Waals surface area contributed by atoms with E-state index in [9.17, 15) is 0 Å². The summed E-state index contributed by atoms with van der Waals surface area (Å²) < 4.78 is 0. The summed E-state index contributed by atoms with van der Waals surface area (Å²) in [5.74, 6) is 0. The van der Waals surface area contributed by atoms with Crippen molar-refractivity contribution in [3.63, 3.8) is 0 Å². The fourth-order valence-electron chi connectivity index (χ4n) is 1.67. The zero-order valence-corrected chi connectivity index (χ0v) is 10.7. The van der Waals surface area contributed by atoms with Gasteiger partial charge in [0.15, 0.2) is 0 Å². The maximum atomic E-state index is 5.87. The van der Waals surface area contributed by atoms with Gasteiger partial charge in [0.25, 0.3) is 0 Å². The summed E-state index contributed by atoms with van der Waals surface area (Å²) in [5, 5.41) is 4.39. The summed E-state index contributed by atoms with van der Waals surface area (Å²) in [6.07, 6.45) is 1.14. The number of hydrogen-bond acceptors (Lipinski definition) is 1. The van der Waals surface area contributed by atoms with E-state index in [1.54, 1.807) is 0 Å². The minimum atomic E-state index is 0.0000154. The van der Waals surface area contributed by atoms with Crippen molar-refractivity contribution in [1.82, 2.24) is 5.32 Å². The van der Waals surface area contributed by atoms with Gasteiger partial charge in [0.1, 0.15) is 0 Å². The third kappa shape index (κ3) is 3.51. The molecule has 0 aliphatic heterocycles. The first-order chi connectivity index (χ1) is 6.95. The van der Waals surface area contributed by atoms with Crippen LogP contribution in [0.15, 0.2) is 24.3 Å². The van der Waals surface area contributed by atoms with Gasteiger partial charge < -0.3 is 5.32 Å². The molecule has 1 atom stereocenters. The van der Waals surface area contributed by atoms with Crippen LogP contribution in [0.25, 0.3) is 0 Å². The molecule has 0 heterocycles. The highest BCUT2D eigenvalue weighted by molar-refractivity contribution is 6.30. The van der Waals surface area contributed by atoms with Crippen LogP contribution in [-0.2, 0) is 5.54 Å². The number of nitrogens with one attached hydrogen (secondary N) is 1. The van der Waals surface area contributed by atoms with Crippen LogP contribution in [0.3, 0.4) is 0 Å². The standard InChI is InChI=1S/C13H20ClN/c1-5-10(2)15-13(3,4)11-6-8-12(14)9-7-11/h6-10,15H,5H2,1-4H3. The van der Waals surface area contributed by atoms with Crippen molar-refractivity contribution in [1.29, 1.82) is 0 Å². The van der Waals surface area contributed by atoms with Gasteiger partial charge >= 0.3 is 0 Å². The molecule has 84 valence electrons. The second-order valence-corrected chi connectivity index (χ2v) is 5.02. The van der Waals surface area contributed by atoms with E-state index in [0.29, 0.717) is 6.04 Å². The van der Waals surface area contributed by atoms with E-state index in [4.69, 9.17) is 11.6 Å². The molecule has 0 aliphatic carbocycles. The van der Waals surface area contributed by atoms with Crippen LogP contribution in [-0.4, -0.2) is 6.04 Å². The molecule has 1 aromatic rings. The first-order valence-electron chi connectivity index (χ1n) is 5.49. The molecule has 1 rings (SSSR count). The molecule has 1 aromatic carbocycles. The van der Waals surface area contributed by atoms with Gasteiger partial charge in [0.05, 0.1) is 0 Å². The van der Waals surface area contributed by atoms with Gasteiger partial charge in [-0.1, -0.05) is 30.7 Å². The number of rotatable bonds is 4. The molecule has 1 nitrogen and oxygen atoms in total. The Morgan fingerprint density at radius 1 is 1.27 bits per heavy atom. The lowest BCUT2D eigenvalue weighted by molar-refractivity contribution is 0.347. The lowest BCUT2D eigenvalue weighted by Crippen LogP contribution is -2.42. The molecule has 0 radical (unpaired) electrons. The van der Waals surface area contributed by atoms with Crippen molar-refractivity contribution in [2.24, 2.45) is 0 Å². The van der Waals surface area contributed by atoms with Crippen LogP contribution in [0.2, 0.25) is 5.02 Å². The lowest BCUT2D eigenvalue weighted by Gasteiger charge is -2.30. The third-order valence-electron chi connectivity index (χ3n) is 2.79. The minimum Gasteiger partial charge on any atom is -0.305 e. The first-order valence-corrected chi connectivity index (χ1v) is 5.87. The highest BCUT2D eigenvalue weighted by Gasteiger charge is 2.21. The quantitative estimate of drug-likeness (QED) is 0.818. The van der Waals surface area contributed by atoms with E-state index in [0.717, 1.165) is 11.4 Å². The third-order valence-corrected chi connectivity index (χ3v) is 3.04. The molecule has 0 bridgehead atoms. The van der Waals surface area contributed by atoms with Crippen molar-refractivity contribution < 1.29 is 0 Å². The fraction of sp³-hybridized carbons (Fsp3) is 0.538. The first kappa shape index (κ1) is 12.5. The maximum Gasteiger partial charge on any atom is 0.0406 e. The van der Waals surface area contributed by atoms with Crippen molar-refractivity contribution in [2.75, 3.05) is 0 Å². The lowest BCUT2D eigenvalue weighted by atomic mass is 9.93. The second kappa shape index (κ2) is 5.00. The average molecular weight is 226 g/mol. The molecular weight excluding hydrogens is 206 g/mol. The summed E-state index contributed by atoms with van der Waals surface area (Å²) in [6, 6.07) is 8.57. The molecule has 2 heteroatoms. The summed E-state index contributed by atoms with van der Waals surface area (Å²) in [6.45, 7) is 8.79. The van der Waals surface area contributed by atoms with Crippen molar-refractivity contribution in [2.45, 2.75) is 45.7 Å². The van der Waals surface area contributed by atoms with Crippen molar-refractivity contribution >= 4 is 11.6 Å². The van der Waals surface area contributed by atoms with E-state index >= 15 is 0 Å². The molecule has 0 amide bonds. The van der Waals surface area contributed by atoms with E-state index in [1.807, 2.05) is 12.1 Å². The van der Waals surface area contributed by atoms with Crippen molar-refractivity contribution in [3.05, 3.63) is 34.9 Å². The zero-order chi connectivity index (χ0) is 11.5. The van der Waals surface area contributed by atoms with Crippen LogP contribution in [0.5, 0.6) is 0 Å². The molecule has 0 aliphatic rings. The monoisotopic (exact) mass is 225 g/mol. The van der Waals surface area contributed by atoms with Crippen molar-refractivity contribution in [3.8, 4) is 0 Å². The Hall–Kier alpha value is -0.530. The predicted molar refractivity (Wildman–Crippen MR) is 67.4 cm³/mol. The van der Waals surface area contributed by atoms with E-state index in [-0.39, 0.29) is 5.54 Å². The summed E-state index contributed by atoms with van der Waals surface area (Å²) in [7, 11) is 0. The highest BCUT2D eigenvalue weighted by atomic mass is 35.5. The van der Waals surface area contributed by atoms with Crippen LogP contribution in [0.1, 0.15) is 39.7 Å². The summed E-state index contributed by atoms with van der Waals surface area (Å²) in [5.41, 5.74) is 1.27. The zero-order valence-electron chi connectivity index (χ0n) is 9.97. The molecule has 0 fully saturated rings. The highest BCUT2D eigenvalue weighted by Crippen LogP contribution is 2.22. The normalized spacial score (nSPS) is 13.9. The van der Waals surface area contributed by atoms with Gasteiger partial charge in [-0.05, 0) is 44.9 Å². The Bertz CT molecular complexity index is 303. The largest absolute Gasteiger partial charge is 0.305 e. The van der Waals surface area contributed by atoms with E-state index in [1.165, 1.54) is 5.56 Å². The molecular formula is C13H20ClN. The van der Waals surface area contributed by atoms with Gasteiger partial charge in [-0.3, -0.25) is 0 Å². The molecule has 0 saturated heterocycles. The molecule has 15 heavy (non-hydrogen) atoms. The Morgan fingerprint density at radius 3 is 2.27 bits per heavy atom. The Balaban J connectivity index is 2.80. The SMILES string of the molecule is CCC(C)NC(C)(C)c1ccc(Cl)cc1. The minimum absolute atomic E-state index is 0.0000154. The number of benzene rings is 1. The average Bonchev–Trinajstić information content (AvgIpc) is 2.17. The van der Waals surface area contributed by atoms with E-state index < -0.39 is 0 Å². The molecule has 0 saturated carbocycles. The van der Waals surface area contributed by atoms with Gasteiger partial charge in [-0.25, -0.2) is 0 Å². The molecule has 0 aromatic heterocycles. The number of hydrogen-bond donors (Lipinski definition) is 1. The Morgan fingerprint density at radius 2 is 1.80 bits per heavy atom. The summed E-state index contributed by atoms with van der Waals surface area (Å²) >= 11 is 5.87. The molecule has 1 N–H and O–H groups in total. The van der Waals surface area contributed by atoms with Crippen LogP contribution in [0.4, 0.5) is 0 Å². The molecule has 0 spiro atoms. The smallest absolute Gasteiger partial charge is 0.0406 e. The Labute approximate surface area is 97.8 Å². The molecule has 1 unspecified atom stereocenters. The maximum absolute atomic E-state index is 5.87. The predicted octanol–water partition coefficient (Wildman–Crippen LogP) is 3.96. The van der Waals surface area contributed by atoms with Gasteiger partial charge in [0, 0.05) is 16.6 Å². The fourth-order valence-corrected chi connectivity index (χ4v) is 1.79. The van der Waals surface area contributed by atoms with Crippen LogP contribution in [0, 0.1) is 0 Å². The van der Waals surface area contributed by atoms with Crippen LogP contribution >= 0.6 is 11.6 Å².